The van der Waals surface area contributed by atoms with Crippen LogP contribution in [0.2, 0.25) is 0 Å². The minimum Gasteiger partial charge on any atom is -0.504 e. The number of hydrogen-bond donors (Lipinski definition) is 4. The maximum atomic E-state index is 12.4. The van der Waals surface area contributed by atoms with Gasteiger partial charge in [0.15, 0.2) is 11.5 Å². The van der Waals surface area contributed by atoms with E-state index in [0.717, 1.165) is 0 Å². The van der Waals surface area contributed by atoms with E-state index in [-0.39, 0.29) is 17.4 Å². The number of alkyl carbamates (subject to hydrolysis) is 1. The van der Waals surface area contributed by atoms with Gasteiger partial charge in [-0.1, -0.05) is 37.3 Å². The van der Waals surface area contributed by atoms with Crippen LogP contribution in [-0.2, 0) is 9.53 Å². The number of hydroxylamine groups is 1. The lowest BCUT2D eigenvalue weighted by Gasteiger charge is -2.25. The molecule has 2 aromatic rings. The first-order valence-electron chi connectivity index (χ1n) is 9.90. The maximum Gasteiger partial charge on any atom is 0.414 e. The van der Waals surface area contributed by atoms with E-state index in [1.165, 1.54) is 24.7 Å². The number of allylic oxidation sites excluding steroid dienone is 1. The second-order valence-corrected chi connectivity index (χ2v) is 7.01. The molecule has 0 aromatic heterocycles. The van der Waals surface area contributed by atoms with Crippen LogP contribution in [0.1, 0.15) is 41.8 Å². The van der Waals surface area contributed by atoms with E-state index in [0.29, 0.717) is 24.0 Å². The zero-order valence-electron chi connectivity index (χ0n) is 17.8. The topological polar surface area (TPSA) is 134 Å². The number of aromatic hydroxyl groups is 1. The smallest absolute Gasteiger partial charge is 0.414 e. The number of hydrogen-bond acceptors (Lipinski definition) is 7. The van der Waals surface area contributed by atoms with Crippen molar-refractivity contribution in [2.45, 2.75) is 25.9 Å². The molecule has 0 saturated heterocycles. The van der Waals surface area contributed by atoms with Crippen LogP contribution < -0.4 is 15.5 Å². The molecule has 0 unspecified atom stereocenters. The molecule has 4 N–H and O–H groups in total. The number of amides is 3. The molecule has 0 radical (unpaired) electrons. The monoisotopic (exact) mass is 442 g/mol. The molecule has 9 heteroatoms. The largest absolute Gasteiger partial charge is 0.504 e. The van der Waals surface area contributed by atoms with Gasteiger partial charge in [-0.3, -0.25) is 20.1 Å². The molecule has 0 aliphatic rings. The summed E-state index contributed by atoms with van der Waals surface area (Å²) in [7, 11) is 1.42. The normalized spacial score (nSPS) is 12.6. The van der Waals surface area contributed by atoms with Crippen LogP contribution in [0.4, 0.5) is 4.79 Å². The highest BCUT2D eigenvalue weighted by molar-refractivity contribution is 6.02. The molecular formula is C23H26N2O7. The minimum absolute atomic E-state index is 0.119. The summed E-state index contributed by atoms with van der Waals surface area (Å²) in [5.41, 5.74) is 2.32. The van der Waals surface area contributed by atoms with Crippen LogP contribution in [0.5, 0.6) is 11.5 Å². The second-order valence-electron chi connectivity index (χ2n) is 7.01. The summed E-state index contributed by atoms with van der Waals surface area (Å²) in [5, 5.41) is 20.9. The van der Waals surface area contributed by atoms with E-state index in [2.05, 4.69) is 5.32 Å². The van der Waals surface area contributed by atoms with Crippen molar-refractivity contribution < 1.29 is 34.2 Å². The minimum atomic E-state index is -0.929. The summed E-state index contributed by atoms with van der Waals surface area (Å²) in [6.07, 6.45) is 2.00. The highest BCUT2D eigenvalue weighted by Gasteiger charge is 2.25. The molecular weight excluding hydrogens is 416 g/mol. The molecule has 0 saturated carbocycles. The van der Waals surface area contributed by atoms with Crippen molar-refractivity contribution in [3.63, 3.8) is 0 Å². The summed E-state index contributed by atoms with van der Waals surface area (Å²) < 4.78 is 10.6. The fourth-order valence-electron chi connectivity index (χ4n) is 3.03. The quantitative estimate of drug-likeness (QED) is 0.265. The van der Waals surface area contributed by atoms with Gasteiger partial charge in [-0.05, 0) is 48.6 Å². The molecule has 2 aromatic carbocycles. The van der Waals surface area contributed by atoms with Crippen LogP contribution in [0.25, 0.3) is 0 Å². The third-order valence-corrected chi connectivity index (χ3v) is 4.70. The Hall–Kier alpha value is -3.85. The molecule has 0 heterocycles. The first-order chi connectivity index (χ1) is 15.3. The Morgan fingerprint density at radius 3 is 2.47 bits per heavy atom. The molecule has 170 valence electrons. The summed E-state index contributed by atoms with van der Waals surface area (Å²) in [5.74, 6) is -1.35. The first-order valence-corrected chi connectivity index (χ1v) is 9.90. The van der Waals surface area contributed by atoms with E-state index in [9.17, 15) is 19.5 Å². The summed E-state index contributed by atoms with van der Waals surface area (Å²) in [6, 6.07) is 12.9. The van der Waals surface area contributed by atoms with Gasteiger partial charge in [0, 0.05) is 11.6 Å². The Balaban J connectivity index is 2.14. The van der Waals surface area contributed by atoms with Gasteiger partial charge in [0.2, 0.25) is 0 Å². The number of nitrogens with one attached hydrogen (secondary N) is 2. The number of carbonyl (C=O) groups is 3. The summed E-state index contributed by atoms with van der Waals surface area (Å²) in [6.45, 7) is 1.83. The lowest BCUT2D eigenvalue weighted by molar-refractivity contribution is -0.124. The van der Waals surface area contributed by atoms with Crippen LogP contribution in [-0.4, -0.2) is 35.3 Å². The predicted octanol–water partition coefficient (Wildman–Crippen LogP) is 3.49. The first kappa shape index (κ1) is 24.4. The van der Waals surface area contributed by atoms with Crippen LogP contribution >= 0.6 is 0 Å². The number of rotatable bonds is 9. The van der Waals surface area contributed by atoms with E-state index in [1.54, 1.807) is 48.5 Å². The molecule has 0 bridgehead atoms. The highest BCUT2D eigenvalue weighted by atomic mass is 16.6. The SMILES string of the molecule is COc1ccc([C@H](OC(=O)NC(=O)c2ccccc2)[C@H](C)CC/C=C/C(=O)NO)cc1O. The average Bonchev–Trinajstić information content (AvgIpc) is 2.80. The van der Waals surface area contributed by atoms with Gasteiger partial charge >= 0.3 is 6.09 Å². The molecule has 0 aliphatic carbocycles. The van der Waals surface area contributed by atoms with Crippen molar-refractivity contribution >= 4 is 17.9 Å². The van der Waals surface area contributed by atoms with E-state index >= 15 is 0 Å². The van der Waals surface area contributed by atoms with Crippen molar-refractivity contribution in [2.75, 3.05) is 7.11 Å². The number of ether oxygens (including phenoxy) is 2. The standard InChI is InChI=1S/C23H26N2O7/c1-15(8-6-7-11-20(27)25-30)21(17-12-13-19(31-2)18(26)14-17)32-23(29)24-22(28)16-9-4-3-5-10-16/h3-5,7,9-15,21,26,30H,6,8H2,1-2H3,(H,25,27)(H,24,28,29)/b11-7+/t15-,21-/m1/s1. The molecule has 9 nitrogen and oxygen atoms in total. The number of carbonyl (C=O) groups excluding carboxylic acids is 3. The molecule has 0 spiro atoms. The average molecular weight is 442 g/mol. The fraction of sp³-hybridized carbons (Fsp3) is 0.261. The number of phenols is 1. The Morgan fingerprint density at radius 1 is 1.12 bits per heavy atom. The van der Waals surface area contributed by atoms with Crippen molar-refractivity contribution in [3.05, 3.63) is 71.8 Å². The van der Waals surface area contributed by atoms with Gasteiger partial charge in [0.05, 0.1) is 7.11 Å². The van der Waals surface area contributed by atoms with Crippen molar-refractivity contribution in [3.8, 4) is 11.5 Å². The van der Waals surface area contributed by atoms with E-state index in [1.807, 2.05) is 6.92 Å². The number of benzene rings is 2. The third kappa shape index (κ3) is 7.13. The number of phenolic OH excluding ortho intramolecular Hbond substituents is 1. The molecule has 2 atom stereocenters. The van der Waals surface area contributed by atoms with Gasteiger partial charge < -0.3 is 14.6 Å². The molecule has 3 amide bonds. The zero-order valence-corrected chi connectivity index (χ0v) is 17.8. The summed E-state index contributed by atoms with van der Waals surface area (Å²) in [4.78, 5) is 35.8. The Bertz CT molecular complexity index is 960. The van der Waals surface area contributed by atoms with Gasteiger partial charge in [0.1, 0.15) is 6.10 Å². The summed E-state index contributed by atoms with van der Waals surface area (Å²) >= 11 is 0. The number of methoxy groups -OCH3 is 1. The number of imide groups is 1. The van der Waals surface area contributed by atoms with E-state index in [4.69, 9.17) is 14.7 Å². The molecule has 32 heavy (non-hydrogen) atoms. The molecule has 0 fully saturated rings. The van der Waals surface area contributed by atoms with Crippen molar-refractivity contribution in [1.29, 1.82) is 0 Å². The van der Waals surface area contributed by atoms with Crippen molar-refractivity contribution in [2.24, 2.45) is 5.92 Å². The second kappa shape index (κ2) is 12.1. The maximum absolute atomic E-state index is 12.4. The zero-order chi connectivity index (χ0) is 23.5. The highest BCUT2D eigenvalue weighted by Crippen LogP contribution is 2.35. The lowest BCUT2D eigenvalue weighted by atomic mass is 9.92. The van der Waals surface area contributed by atoms with Gasteiger partial charge in [0.25, 0.3) is 11.8 Å². The lowest BCUT2D eigenvalue weighted by Crippen LogP contribution is -2.33. The van der Waals surface area contributed by atoms with Gasteiger partial charge in [-0.25, -0.2) is 10.3 Å². The van der Waals surface area contributed by atoms with Gasteiger partial charge in [-0.2, -0.15) is 0 Å². The molecule has 2 rings (SSSR count). The van der Waals surface area contributed by atoms with Crippen LogP contribution in [0.15, 0.2) is 60.7 Å². The molecule has 0 aliphatic heterocycles. The van der Waals surface area contributed by atoms with Crippen LogP contribution in [0, 0.1) is 5.92 Å². The van der Waals surface area contributed by atoms with Crippen molar-refractivity contribution in [1.82, 2.24) is 10.8 Å². The Morgan fingerprint density at radius 2 is 1.84 bits per heavy atom. The van der Waals surface area contributed by atoms with E-state index < -0.39 is 24.0 Å². The van der Waals surface area contributed by atoms with Gasteiger partial charge in [-0.15, -0.1) is 0 Å². The fourth-order valence-corrected chi connectivity index (χ4v) is 3.03. The van der Waals surface area contributed by atoms with Crippen LogP contribution in [0.3, 0.4) is 0 Å². The Labute approximate surface area is 185 Å². The predicted molar refractivity (Wildman–Crippen MR) is 115 cm³/mol. The Kier molecular flexibility index (Phi) is 9.24. The third-order valence-electron chi connectivity index (χ3n) is 4.70.